The summed E-state index contributed by atoms with van der Waals surface area (Å²) in [6.07, 6.45) is 0.323. The van der Waals surface area contributed by atoms with E-state index in [0.29, 0.717) is 6.54 Å². The Hall–Kier alpha value is -1.85. The van der Waals surface area contributed by atoms with Crippen molar-refractivity contribution in [3.05, 3.63) is 51.7 Å². The summed E-state index contributed by atoms with van der Waals surface area (Å²) in [5, 5.41) is 12.3. The zero-order chi connectivity index (χ0) is 15.9. The van der Waals surface area contributed by atoms with E-state index in [1.165, 1.54) is 0 Å². The van der Waals surface area contributed by atoms with Crippen LogP contribution in [0, 0.1) is 6.92 Å². The Balaban J connectivity index is 1.70. The fourth-order valence-electron chi connectivity index (χ4n) is 1.99. The number of rotatable bonds is 7. The van der Waals surface area contributed by atoms with Crippen molar-refractivity contribution < 1.29 is 14.6 Å². The number of aryl methyl sites for hydroxylation is 1. The smallest absolute Gasteiger partial charge is 0.257 e. The quantitative estimate of drug-likeness (QED) is 0.825. The van der Waals surface area contributed by atoms with E-state index in [0.717, 1.165) is 27.5 Å². The standard InChI is InChI=1S/C17H21NO3S/c1-12-5-3-4-6-15(12)21-11-17(20)18-10-9-14-7-8-16(22-14)13(2)19/h3-8,13,19H,9-11H2,1-2H3,(H,18,20)/t13-/m0/s1. The van der Waals surface area contributed by atoms with Crippen molar-refractivity contribution in [2.75, 3.05) is 13.2 Å². The van der Waals surface area contributed by atoms with Gasteiger partial charge in [-0.1, -0.05) is 18.2 Å². The first-order chi connectivity index (χ1) is 10.6. The van der Waals surface area contributed by atoms with Crippen LogP contribution in [0.4, 0.5) is 0 Å². The highest BCUT2D eigenvalue weighted by Crippen LogP contribution is 2.22. The van der Waals surface area contributed by atoms with Gasteiger partial charge in [0.15, 0.2) is 6.61 Å². The summed E-state index contributed by atoms with van der Waals surface area (Å²) < 4.78 is 5.49. The molecule has 1 heterocycles. The minimum Gasteiger partial charge on any atom is -0.484 e. The molecule has 0 aliphatic carbocycles. The van der Waals surface area contributed by atoms with Crippen molar-refractivity contribution in [1.29, 1.82) is 0 Å². The highest BCUT2D eigenvalue weighted by atomic mass is 32.1. The number of thiophene rings is 1. The predicted octanol–water partition coefficient (Wildman–Crippen LogP) is 2.85. The van der Waals surface area contributed by atoms with Crippen LogP contribution in [0.15, 0.2) is 36.4 Å². The van der Waals surface area contributed by atoms with Crippen molar-refractivity contribution >= 4 is 17.2 Å². The van der Waals surface area contributed by atoms with Crippen LogP contribution < -0.4 is 10.1 Å². The number of hydrogen-bond acceptors (Lipinski definition) is 4. The highest BCUT2D eigenvalue weighted by Gasteiger charge is 2.07. The van der Waals surface area contributed by atoms with Gasteiger partial charge in [0.1, 0.15) is 5.75 Å². The van der Waals surface area contributed by atoms with Gasteiger partial charge in [-0.05, 0) is 44.0 Å². The number of ether oxygens (including phenoxy) is 1. The molecule has 5 heteroatoms. The molecule has 4 nitrogen and oxygen atoms in total. The number of nitrogens with one attached hydrogen (secondary N) is 1. The molecule has 118 valence electrons. The second-order valence-corrected chi connectivity index (χ2v) is 6.33. The number of para-hydroxylation sites is 1. The van der Waals surface area contributed by atoms with Crippen LogP contribution in [0.1, 0.15) is 28.3 Å². The lowest BCUT2D eigenvalue weighted by molar-refractivity contribution is -0.123. The Morgan fingerprint density at radius 2 is 2.09 bits per heavy atom. The van der Waals surface area contributed by atoms with Crippen LogP contribution >= 0.6 is 11.3 Å². The number of amides is 1. The summed E-state index contributed by atoms with van der Waals surface area (Å²) in [5.74, 6) is 0.605. The molecule has 2 aromatic rings. The minimum atomic E-state index is -0.434. The van der Waals surface area contributed by atoms with E-state index in [2.05, 4.69) is 5.32 Å². The fourth-order valence-corrected chi connectivity index (χ4v) is 2.94. The lowest BCUT2D eigenvalue weighted by atomic mass is 10.2. The average molecular weight is 319 g/mol. The molecule has 1 amide bonds. The summed E-state index contributed by atoms with van der Waals surface area (Å²) >= 11 is 1.57. The minimum absolute atomic E-state index is 0.0220. The molecule has 0 fully saturated rings. The zero-order valence-corrected chi connectivity index (χ0v) is 13.7. The first-order valence-electron chi connectivity index (χ1n) is 7.28. The number of hydrogen-bond donors (Lipinski definition) is 2. The van der Waals surface area contributed by atoms with Crippen molar-refractivity contribution in [2.24, 2.45) is 0 Å². The normalized spacial score (nSPS) is 12.0. The van der Waals surface area contributed by atoms with Gasteiger partial charge in [-0.15, -0.1) is 11.3 Å². The molecule has 0 saturated carbocycles. The van der Waals surface area contributed by atoms with E-state index < -0.39 is 6.10 Å². The summed E-state index contributed by atoms with van der Waals surface area (Å²) in [4.78, 5) is 13.9. The SMILES string of the molecule is Cc1ccccc1OCC(=O)NCCc1ccc([C@H](C)O)s1. The van der Waals surface area contributed by atoms with Gasteiger partial charge in [0, 0.05) is 16.3 Å². The summed E-state index contributed by atoms with van der Waals surface area (Å²) in [6.45, 7) is 4.29. The maximum absolute atomic E-state index is 11.8. The molecule has 22 heavy (non-hydrogen) atoms. The molecular formula is C17H21NO3S. The maximum Gasteiger partial charge on any atom is 0.257 e. The highest BCUT2D eigenvalue weighted by molar-refractivity contribution is 7.12. The van der Waals surface area contributed by atoms with Crippen molar-refractivity contribution in [2.45, 2.75) is 26.4 Å². The number of benzene rings is 1. The van der Waals surface area contributed by atoms with Crippen molar-refractivity contribution in [3.63, 3.8) is 0 Å². The first-order valence-corrected chi connectivity index (χ1v) is 8.09. The lowest BCUT2D eigenvalue weighted by Gasteiger charge is -2.09. The molecule has 0 aliphatic rings. The van der Waals surface area contributed by atoms with Crippen LogP contribution in [0.5, 0.6) is 5.75 Å². The van der Waals surface area contributed by atoms with Crippen LogP contribution in [0.25, 0.3) is 0 Å². The second-order valence-electron chi connectivity index (χ2n) is 5.13. The molecule has 0 unspecified atom stereocenters. The molecule has 2 rings (SSSR count). The van der Waals surface area contributed by atoms with E-state index in [1.807, 2.05) is 43.3 Å². The third kappa shape index (κ3) is 4.86. The summed E-state index contributed by atoms with van der Waals surface area (Å²) in [7, 11) is 0. The Morgan fingerprint density at radius 3 is 2.77 bits per heavy atom. The van der Waals surface area contributed by atoms with Crippen LogP contribution in [0.3, 0.4) is 0 Å². The molecule has 0 aliphatic heterocycles. The molecule has 1 aromatic heterocycles. The van der Waals surface area contributed by atoms with Gasteiger partial charge in [-0.2, -0.15) is 0 Å². The van der Waals surface area contributed by atoms with Crippen molar-refractivity contribution in [1.82, 2.24) is 5.32 Å². The monoisotopic (exact) mass is 319 g/mol. The van der Waals surface area contributed by atoms with Crippen LogP contribution in [0.2, 0.25) is 0 Å². The Bertz CT molecular complexity index is 622. The van der Waals surface area contributed by atoms with E-state index in [9.17, 15) is 9.90 Å². The number of aliphatic hydroxyl groups excluding tert-OH is 1. The van der Waals surface area contributed by atoms with Crippen LogP contribution in [-0.2, 0) is 11.2 Å². The molecule has 2 N–H and O–H groups in total. The van der Waals surface area contributed by atoms with Gasteiger partial charge in [0.05, 0.1) is 6.10 Å². The van der Waals surface area contributed by atoms with E-state index >= 15 is 0 Å². The summed E-state index contributed by atoms with van der Waals surface area (Å²) in [6, 6.07) is 11.5. The van der Waals surface area contributed by atoms with Gasteiger partial charge in [-0.3, -0.25) is 4.79 Å². The molecule has 0 bridgehead atoms. The third-order valence-corrected chi connectivity index (χ3v) is 4.56. The predicted molar refractivity (Wildman–Crippen MR) is 88.3 cm³/mol. The molecule has 0 radical (unpaired) electrons. The van der Waals surface area contributed by atoms with E-state index in [4.69, 9.17) is 4.74 Å². The van der Waals surface area contributed by atoms with Crippen LogP contribution in [-0.4, -0.2) is 24.2 Å². The fraction of sp³-hybridized carbons (Fsp3) is 0.353. The number of carbonyl (C=O) groups excluding carboxylic acids is 1. The van der Waals surface area contributed by atoms with Gasteiger partial charge in [-0.25, -0.2) is 0 Å². The summed E-state index contributed by atoms with van der Waals surface area (Å²) in [5.41, 5.74) is 1.01. The molecular weight excluding hydrogens is 298 g/mol. The van der Waals surface area contributed by atoms with Crippen molar-refractivity contribution in [3.8, 4) is 5.75 Å². The average Bonchev–Trinajstić information content (AvgIpc) is 2.95. The molecule has 1 aromatic carbocycles. The largest absolute Gasteiger partial charge is 0.484 e. The number of aliphatic hydroxyl groups is 1. The maximum atomic E-state index is 11.8. The topological polar surface area (TPSA) is 58.6 Å². The molecule has 1 atom stereocenters. The van der Waals surface area contributed by atoms with E-state index in [-0.39, 0.29) is 12.5 Å². The zero-order valence-electron chi connectivity index (χ0n) is 12.8. The van der Waals surface area contributed by atoms with Gasteiger partial charge in [0.2, 0.25) is 0 Å². The van der Waals surface area contributed by atoms with Gasteiger partial charge < -0.3 is 15.2 Å². The van der Waals surface area contributed by atoms with E-state index in [1.54, 1.807) is 18.3 Å². The number of carbonyl (C=O) groups is 1. The first kappa shape index (κ1) is 16.5. The van der Waals surface area contributed by atoms with Gasteiger partial charge in [0.25, 0.3) is 5.91 Å². The lowest BCUT2D eigenvalue weighted by Crippen LogP contribution is -2.30. The second kappa shape index (κ2) is 7.96. The Kier molecular flexibility index (Phi) is 5.98. The molecule has 0 spiro atoms. The third-order valence-electron chi connectivity index (χ3n) is 3.24. The van der Waals surface area contributed by atoms with Gasteiger partial charge >= 0.3 is 0 Å². The Labute approximate surface area is 134 Å². The molecule has 0 saturated heterocycles. The Morgan fingerprint density at radius 1 is 1.32 bits per heavy atom.